The average molecular weight is 164 g/mol. The van der Waals surface area contributed by atoms with Gasteiger partial charge in [0.05, 0.1) is 6.67 Å². The highest BCUT2D eigenvalue weighted by Crippen LogP contribution is 2.08. The molecule has 1 heterocycles. The highest BCUT2D eigenvalue weighted by atomic mass is 32.2. The van der Waals surface area contributed by atoms with Gasteiger partial charge in [-0.1, -0.05) is 0 Å². The van der Waals surface area contributed by atoms with E-state index in [4.69, 9.17) is 12.2 Å². The maximum absolute atomic E-state index is 11.0. The van der Waals surface area contributed by atoms with Crippen molar-refractivity contribution in [3.63, 3.8) is 0 Å². The second-order valence-corrected chi connectivity index (χ2v) is 4.14. The maximum Gasteiger partial charge on any atom is 0.184 e. The first kappa shape index (κ1) is 7.11. The molecule has 1 atom stereocenters. The van der Waals surface area contributed by atoms with Crippen LogP contribution in [0.25, 0.3) is 0 Å². The Balaban J connectivity index is 2.77. The van der Waals surface area contributed by atoms with Crippen LogP contribution in [0.2, 0.25) is 0 Å². The fourth-order valence-electron chi connectivity index (χ4n) is 0.676. The molecule has 1 unspecified atom stereocenters. The topological polar surface area (TPSA) is 23.6 Å². The van der Waals surface area contributed by atoms with E-state index < -0.39 is 11.0 Å². The summed E-state index contributed by atoms with van der Waals surface area (Å²) in [6.45, 7) is 0.672. The third-order valence-electron chi connectivity index (χ3n) is 1.16. The van der Waals surface area contributed by atoms with E-state index in [0.29, 0.717) is 11.0 Å². The van der Waals surface area contributed by atoms with Crippen LogP contribution >= 0.6 is 12.2 Å². The summed E-state index contributed by atoms with van der Waals surface area (Å²) >= 11 is 4.83. The third-order valence-corrected chi connectivity index (χ3v) is 3.19. The van der Waals surface area contributed by atoms with Gasteiger partial charge in [0.25, 0.3) is 0 Å². The van der Waals surface area contributed by atoms with Gasteiger partial charge in [-0.25, -0.2) is 8.51 Å². The van der Waals surface area contributed by atoms with Gasteiger partial charge >= 0.3 is 0 Å². The van der Waals surface area contributed by atoms with Crippen molar-refractivity contribution in [2.45, 2.75) is 0 Å². The monoisotopic (exact) mass is 164 g/mol. The predicted molar refractivity (Wildman–Crippen MR) is 41.1 cm³/mol. The van der Waals surface area contributed by atoms with Crippen molar-refractivity contribution in [1.82, 2.24) is 9.21 Å². The fourth-order valence-corrected chi connectivity index (χ4v) is 1.98. The third kappa shape index (κ3) is 1.12. The van der Waals surface area contributed by atoms with Crippen LogP contribution in [0.1, 0.15) is 0 Å². The molecular formula is C4H8N2OS2. The van der Waals surface area contributed by atoms with Gasteiger partial charge in [0.15, 0.2) is 15.3 Å². The van der Waals surface area contributed by atoms with Gasteiger partial charge in [0.1, 0.15) is 0 Å². The van der Waals surface area contributed by atoms with E-state index in [1.807, 2.05) is 7.05 Å². The first-order chi connectivity index (χ1) is 4.13. The van der Waals surface area contributed by atoms with Crippen LogP contribution in [0.5, 0.6) is 0 Å². The highest BCUT2D eigenvalue weighted by Gasteiger charge is 2.25. The predicted octanol–water partition coefficient (Wildman–Crippen LogP) is -0.230. The van der Waals surface area contributed by atoms with Gasteiger partial charge < -0.3 is 4.90 Å². The van der Waals surface area contributed by atoms with Crippen molar-refractivity contribution in [2.75, 3.05) is 20.8 Å². The van der Waals surface area contributed by atoms with Crippen molar-refractivity contribution < 1.29 is 4.21 Å². The van der Waals surface area contributed by atoms with Crippen molar-refractivity contribution in [3.05, 3.63) is 0 Å². The zero-order valence-corrected chi connectivity index (χ0v) is 6.96. The summed E-state index contributed by atoms with van der Waals surface area (Å²) in [7, 11) is 2.57. The van der Waals surface area contributed by atoms with Crippen LogP contribution in [-0.4, -0.2) is 38.5 Å². The van der Waals surface area contributed by atoms with Crippen molar-refractivity contribution >= 4 is 27.5 Å². The molecule has 1 rings (SSSR count). The Morgan fingerprint density at radius 2 is 2.22 bits per heavy atom. The summed E-state index contributed by atoms with van der Waals surface area (Å²) < 4.78 is 13.2. The largest absolute Gasteiger partial charge is 0.344 e. The molecule has 0 aromatic carbocycles. The molecule has 0 aromatic heterocycles. The number of thiocarbonyl (C=S) groups is 1. The van der Waals surface area contributed by atoms with Crippen LogP contribution < -0.4 is 0 Å². The quantitative estimate of drug-likeness (QED) is 0.462. The Bertz CT molecular complexity index is 152. The molecule has 0 aliphatic carbocycles. The fraction of sp³-hybridized carbons (Fsp3) is 0.750. The van der Waals surface area contributed by atoms with Crippen LogP contribution in [-0.2, 0) is 11.0 Å². The standard InChI is InChI=1S/C4H8N2OS2/c1-5-3-6(2)9(7)4(5)8/h3H2,1-2H3. The van der Waals surface area contributed by atoms with Gasteiger partial charge in [-0.05, 0) is 12.2 Å². The van der Waals surface area contributed by atoms with Crippen LogP contribution in [0.4, 0.5) is 0 Å². The number of hydrogen-bond acceptors (Lipinski definition) is 2. The zero-order chi connectivity index (χ0) is 7.02. The Kier molecular flexibility index (Phi) is 1.83. The molecule has 1 fully saturated rings. The molecule has 0 amide bonds. The van der Waals surface area contributed by atoms with Gasteiger partial charge in [0.2, 0.25) is 0 Å². The lowest BCUT2D eigenvalue weighted by Gasteiger charge is -2.05. The summed E-state index contributed by atoms with van der Waals surface area (Å²) in [5.41, 5.74) is 0. The Labute approximate surface area is 62.2 Å². The van der Waals surface area contributed by atoms with Crippen LogP contribution in [0.3, 0.4) is 0 Å². The van der Waals surface area contributed by atoms with Crippen molar-refractivity contribution in [1.29, 1.82) is 0 Å². The van der Waals surface area contributed by atoms with E-state index in [9.17, 15) is 4.21 Å². The summed E-state index contributed by atoms with van der Waals surface area (Å²) in [6.07, 6.45) is 0. The molecule has 1 saturated heterocycles. The van der Waals surface area contributed by atoms with Gasteiger partial charge in [-0.15, -0.1) is 0 Å². The van der Waals surface area contributed by atoms with Gasteiger partial charge in [0, 0.05) is 14.1 Å². The maximum atomic E-state index is 11.0. The van der Waals surface area contributed by atoms with Crippen molar-refractivity contribution in [2.24, 2.45) is 0 Å². The van der Waals surface area contributed by atoms with E-state index in [0.717, 1.165) is 0 Å². The molecule has 52 valence electrons. The number of rotatable bonds is 0. The second-order valence-electron chi connectivity index (χ2n) is 1.98. The molecule has 0 bridgehead atoms. The summed E-state index contributed by atoms with van der Waals surface area (Å²) in [5.74, 6) is 0. The minimum absolute atomic E-state index is 0.525. The normalized spacial score (nSPS) is 29.8. The summed E-state index contributed by atoms with van der Waals surface area (Å²) in [4.78, 5) is 1.80. The molecular weight excluding hydrogens is 156 g/mol. The molecule has 1 aliphatic heterocycles. The SMILES string of the molecule is CN1CN(C)S(=O)C1=S. The Hall–Kier alpha value is -0.0000000000000000555. The second kappa shape index (κ2) is 2.32. The van der Waals surface area contributed by atoms with E-state index in [1.165, 1.54) is 0 Å². The molecule has 1 aliphatic rings. The lowest BCUT2D eigenvalue weighted by Crippen LogP contribution is -2.19. The van der Waals surface area contributed by atoms with Crippen LogP contribution in [0.15, 0.2) is 0 Å². The van der Waals surface area contributed by atoms with Crippen molar-refractivity contribution in [3.8, 4) is 0 Å². The summed E-state index contributed by atoms with van der Waals surface area (Å²) in [5, 5.41) is 0. The lowest BCUT2D eigenvalue weighted by atomic mass is 10.9. The van der Waals surface area contributed by atoms with E-state index in [2.05, 4.69) is 0 Å². The van der Waals surface area contributed by atoms with E-state index >= 15 is 0 Å². The Morgan fingerprint density at radius 3 is 2.33 bits per heavy atom. The minimum atomic E-state index is -1.05. The number of nitrogens with zero attached hydrogens (tertiary/aromatic N) is 2. The molecule has 0 N–H and O–H groups in total. The minimum Gasteiger partial charge on any atom is -0.344 e. The first-order valence-corrected chi connectivity index (χ1v) is 4.02. The Morgan fingerprint density at radius 1 is 1.67 bits per heavy atom. The molecule has 9 heavy (non-hydrogen) atoms. The zero-order valence-electron chi connectivity index (χ0n) is 5.33. The first-order valence-electron chi connectivity index (χ1n) is 2.51. The molecule has 0 aromatic rings. The summed E-state index contributed by atoms with van der Waals surface area (Å²) in [6, 6.07) is 0. The molecule has 5 heteroatoms. The van der Waals surface area contributed by atoms with E-state index in [1.54, 1.807) is 16.3 Å². The number of hydrogen-bond donors (Lipinski definition) is 0. The smallest absolute Gasteiger partial charge is 0.184 e. The molecule has 0 spiro atoms. The molecule has 0 radical (unpaired) electrons. The van der Waals surface area contributed by atoms with Gasteiger partial charge in [-0.3, -0.25) is 0 Å². The molecule has 0 saturated carbocycles. The highest BCUT2D eigenvalue weighted by molar-refractivity contribution is 8.11. The average Bonchev–Trinajstić information content (AvgIpc) is 1.98. The molecule has 3 nitrogen and oxygen atoms in total. The lowest BCUT2D eigenvalue weighted by molar-refractivity contribution is 0.399. The van der Waals surface area contributed by atoms with Crippen LogP contribution in [0, 0.1) is 0 Å². The van der Waals surface area contributed by atoms with Gasteiger partial charge in [-0.2, -0.15) is 0 Å². The van der Waals surface area contributed by atoms with E-state index in [-0.39, 0.29) is 0 Å².